The number of halogens is 2. The van der Waals surface area contributed by atoms with Crippen molar-refractivity contribution >= 4 is 30.1 Å². The van der Waals surface area contributed by atoms with Gasteiger partial charge in [0, 0.05) is 33.3 Å². The third-order valence-corrected chi connectivity index (χ3v) is 8.47. The fourth-order valence-electron chi connectivity index (χ4n) is 2.04. The van der Waals surface area contributed by atoms with E-state index in [1.807, 2.05) is 40.7 Å². The Hall–Kier alpha value is -0.686. The van der Waals surface area contributed by atoms with Crippen molar-refractivity contribution in [3.05, 3.63) is 0 Å². The van der Waals surface area contributed by atoms with Crippen LogP contribution in [-0.4, -0.2) is 68.0 Å². The number of carbonyl (C=O) groups is 2. The summed E-state index contributed by atoms with van der Waals surface area (Å²) in [5.41, 5.74) is 0. The number of alkyl halides is 2. The Morgan fingerprint density at radius 3 is 2.07 bits per heavy atom. The van der Waals surface area contributed by atoms with Gasteiger partial charge in [-0.1, -0.05) is 21.3 Å². The van der Waals surface area contributed by atoms with E-state index in [-0.39, 0.29) is 20.6 Å². The quantitative estimate of drug-likeness (QED) is 0.316. The van der Waals surface area contributed by atoms with Gasteiger partial charge in [-0.2, -0.15) is 8.78 Å². The van der Waals surface area contributed by atoms with Crippen LogP contribution in [0.2, 0.25) is 31.7 Å². The molecule has 0 rings (SSSR count). The molecule has 0 fully saturated rings. The maximum atomic E-state index is 13.7. The molecule has 2 N–H and O–H groups in total. The van der Waals surface area contributed by atoms with Gasteiger partial charge in [-0.15, -0.1) is 0 Å². The van der Waals surface area contributed by atoms with E-state index in [1.165, 1.54) is 0 Å². The molecular weight excluding hydrogens is 428 g/mol. The number of rotatable bonds is 12. The van der Waals surface area contributed by atoms with Crippen LogP contribution in [-0.2, 0) is 18.4 Å². The lowest BCUT2D eigenvalue weighted by atomic mass is 10.2. The molecule has 1 amide bonds. The van der Waals surface area contributed by atoms with E-state index < -0.39 is 35.6 Å². The van der Waals surface area contributed by atoms with Crippen LogP contribution in [0.5, 0.6) is 0 Å². The summed E-state index contributed by atoms with van der Waals surface area (Å²) in [7, 11) is -1.42. The second-order valence-corrected chi connectivity index (χ2v) is 13.5. The summed E-state index contributed by atoms with van der Waals surface area (Å²) in [6, 6.07) is 1.51. The fourth-order valence-corrected chi connectivity index (χ4v) is 4.79. The van der Waals surface area contributed by atoms with Crippen LogP contribution in [0.1, 0.15) is 54.4 Å². The third kappa shape index (κ3) is 27.3. The maximum absolute atomic E-state index is 13.7. The van der Waals surface area contributed by atoms with Crippen molar-refractivity contribution in [2.75, 3.05) is 26.9 Å². The molecule has 1 unspecified atom stereocenters. The van der Waals surface area contributed by atoms with Crippen molar-refractivity contribution in [1.29, 1.82) is 0 Å². The molecule has 0 aliphatic heterocycles. The van der Waals surface area contributed by atoms with Gasteiger partial charge in [-0.25, -0.2) is 0 Å². The molecule has 0 heterocycles. The van der Waals surface area contributed by atoms with E-state index in [4.69, 9.17) is 18.8 Å². The van der Waals surface area contributed by atoms with Crippen molar-refractivity contribution in [3.8, 4) is 0 Å². The van der Waals surface area contributed by atoms with E-state index >= 15 is 0 Å². The number of carbonyl (C=O) groups excluding carboxylic acids is 2. The zero-order valence-corrected chi connectivity index (χ0v) is 21.9. The zero-order valence-electron chi connectivity index (χ0n) is 19.8. The minimum Gasteiger partial charge on any atom is -0.421 e. The Morgan fingerprint density at radius 1 is 1.20 bits per heavy atom. The van der Waals surface area contributed by atoms with Gasteiger partial charge in [-0.05, 0) is 58.4 Å². The first-order chi connectivity index (χ1) is 13.6. The third-order valence-electron chi connectivity index (χ3n) is 3.68. The summed E-state index contributed by atoms with van der Waals surface area (Å²) in [5.74, 6) is -4.45. The Labute approximate surface area is 187 Å². The lowest BCUT2D eigenvalue weighted by Gasteiger charge is -2.21. The summed E-state index contributed by atoms with van der Waals surface area (Å²) in [6.45, 7) is 16.9. The van der Waals surface area contributed by atoms with Crippen LogP contribution < -0.4 is 5.32 Å². The lowest BCUT2D eigenvalue weighted by Crippen LogP contribution is -2.41. The topological polar surface area (TPSA) is 84.9 Å². The first-order valence-electron chi connectivity index (χ1n) is 10.3. The summed E-state index contributed by atoms with van der Waals surface area (Å²) in [4.78, 5) is 19.6. The van der Waals surface area contributed by atoms with Gasteiger partial charge in [0.25, 0.3) is 5.91 Å². The summed E-state index contributed by atoms with van der Waals surface area (Å²) >= 11 is 0. The van der Waals surface area contributed by atoms with Crippen LogP contribution in [0.3, 0.4) is 0 Å². The number of aliphatic hydroxyl groups excluding tert-OH is 1. The van der Waals surface area contributed by atoms with Crippen molar-refractivity contribution < 1.29 is 32.3 Å². The second-order valence-electron chi connectivity index (χ2n) is 6.50. The monoisotopic (exact) mass is 477 g/mol. The fraction of sp³-hybridized carbons (Fsp3) is 0.900. The lowest BCUT2D eigenvalue weighted by molar-refractivity contribution is -0.146. The van der Waals surface area contributed by atoms with Crippen LogP contribution in [0.25, 0.3) is 0 Å². The van der Waals surface area contributed by atoms with Crippen molar-refractivity contribution in [2.24, 2.45) is 0 Å². The molecule has 6 nitrogen and oxygen atoms in total. The Kier molecular flexibility index (Phi) is 34.9. The number of nitrogens with one attached hydrogen (secondary N) is 1. The van der Waals surface area contributed by atoms with E-state index in [9.17, 15) is 13.6 Å². The van der Waals surface area contributed by atoms with Crippen LogP contribution in [0, 0.1) is 0 Å². The second kappa shape index (κ2) is 26.3. The van der Waals surface area contributed by atoms with Crippen molar-refractivity contribution in [2.45, 2.75) is 92.0 Å². The molecule has 0 radical (unpaired) electrons. The van der Waals surface area contributed by atoms with Gasteiger partial charge >= 0.3 is 5.92 Å². The van der Waals surface area contributed by atoms with Crippen molar-refractivity contribution in [3.63, 3.8) is 0 Å². The first kappa shape index (κ1) is 39.8. The van der Waals surface area contributed by atoms with E-state index in [1.54, 1.807) is 14.0 Å². The molecule has 0 aromatic heterocycles. The molecule has 0 aromatic carbocycles. The molecule has 0 saturated heterocycles. The van der Waals surface area contributed by atoms with Gasteiger partial charge in [-0.3, -0.25) is 4.79 Å². The predicted octanol–water partition coefficient (Wildman–Crippen LogP) is 4.63. The predicted molar refractivity (Wildman–Crippen MR) is 129 cm³/mol. The molecule has 0 spiro atoms. The van der Waals surface area contributed by atoms with Gasteiger partial charge in [0.05, 0.1) is 0 Å². The van der Waals surface area contributed by atoms with Crippen LogP contribution in [0.15, 0.2) is 0 Å². The standard InChI is InChI=1S/C14H31F2NO3Si2.C2H6O.C2H6.CH2O.CH4/c1-6-20-21(3)11-8-10-17-13(18)14(15,16)9-7-12-22(4,5)19-2;1-2-3;2*1-2;/h21H,6-12H2,1-5H3,(H,17,18);3H,2H2,1H3;1-2H3;1H2;1H4. The highest BCUT2D eigenvalue weighted by atomic mass is 28.4. The number of amides is 1. The van der Waals surface area contributed by atoms with Crippen LogP contribution >= 0.6 is 0 Å². The summed E-state index contributed by atoms with van der Waals surface area (Å²) < 4.78 is 38.3. The number of hydrogen-bond acceptors (Lipinski definition) is 5. The molecule has 1 atom stereocenters. The number of aliphatic hydroxyl groups is 1. The minimum atomic E-state index is -3.29. The molecule has 10 heteroatoms. The zero-order chi connectivity index (χ0) is 23.9. The Bertz CT molecular complexity index is 366. The van der Waals surface area contributed by atoms with Gasteiger partial charge in [0.2, 0.25) is 0 Å². The van der Waals surface area contributed by atoms with E-state index in [0.717, 1.165) is 6.04 Å². The first-order valence-corrected chi connectivity index (χ1v) is 15.8. The molecular formula is C20H49F2NO5Si2. The largest absolute Gasteiger partial charge is 0.421 e. The molecule has 30 heavy (non-hydrogen) atoms. The minimum absolute atomic E-state index is 0. The molecule has 0 bridgehead atoms. The number of hydrogen-bond donors (Lipinski definition) is 2. The average molecular weight is 478 g/mol. The highest BCUT2D eigenvalue weighted by molar-refractivity contribution is 6.71. The average Bonchev–Trinajstić information content (AvgIpc) is 2.68. The highest BCUT2D eigenvalue weighted by Gasteiger charge is 2.38. The smallest absolute Gasteiger partial charge is 0.324 e. The highest BCUT2D eigenvalue weighted by Crippen LogP contribution is 2.24. The molecule has 0 aliphatic rings. The van der Waals surface area contributed by atoms with Gasteiger partial charge in [0.1, 0.15) is 6.79 Å². The summed E-state index contributed by atoms with van der Waals surface area (Å²) in [6.07, 6.45) is 0.587. The SMILES string of the molecule is C.C=O.CC.CCO.CCO[SiH](C)CCCNC(=O)C(F)(F)CCC[Si](C)(C)OC. The Balaban J connectivity index is -0.000000231. The molecule has 186 valence electrons. The van der Waals surface area contributed by atoms with Gasteiger partial charge in [0.15, 0.2) is 17.4 Å². The van der Waals surface area contributed by atoms with Crippen LogP contribution in [0.4, 0.5) is 8.78 Å². The summed E-state index contributed by atoms with van der Waals surface area (Å²) in [5, 5.41) is 9.91. The van der Waals surface area contributed by atoms with E-state index in [0.29, 0.717) is 25.5 Å². The normalized spacial score (nSPS) is 11.2. The molecule has 0 aliphatic carbocycles. The Morgan fingerprint density at radius 2 is 1.67 bits per heavy atom. The molecule has 0 saturated carbocycles. The van der Waals surface area contributed by atoms with Crippen molar-refractivity contribution in [1.82, 2.24) is 5.32 Å². The van der Waals surface area contributed by atoms with Gasteiger partial charge < -0.3 is 24.1 Å². The molecule has 0 aromatic rings. The van der Waals surface area contributed by atoms with E-state index in [2.05, 4.69) is 11.9 Å². The maximum Gasteiger partial charge on any atom is 0.324 e.